The number of thiophene rings is 1. The predicted octanol–water partition coefficient (Wildman–Crippen LogP) is 5.40. The average molecular weight is 640 g/mol. The van der Waals surface area contributed by atoms with Crippen molar-refractivity contribution in [1.29, 1.82) is 0 Å². The van der Waals surface area contributed by atoms with Crippen LogP contribution in [0.1, 0.15) is 26.4 Å². The second kappa shape index (κ2) is 10.4. The third-order valence-electron chi connectivity index (χ3n) is 6.58. The fraction of sp³-hybridized carbons (Fsp3) is 0.375. The summed E-state index contributed by atoms with van der Waals surface area (Å²) >= 11 is 6.73. The largest absolute Gasteiger partial charge is 0.420 e. The number of sulfone groups is 1. The molecule has 3 aromatic rings. The highest BCUT2D eigenvalue weighted by Gasteiger charge is 2.41. The molecule has 8 nitrogen and oxygen atoms in total. The van der Waals surface area contributed by atoms with E-state index in [9.17, 15) is 39.6 Å². The minimum Gasteiger partial charge on any atom is -0.328 e. The number of halogens is 7. The summed E-state index contributed by atoms with van der Waals surface area (Å²) in [6.07, 6.45) is -8.57. The SMILES string of the molecule is CN1CCc2cc(Nc3ncc(C(F)(F)F)c(-c4cc5c(s4)C(=O)N(CC(F)(F)F)CCS5(=O)=O)n3)c(Cl)cc2C1. The second-order valence-electron chi connectivity index (χ2n) is 9.63. The number of nitrogens with zero attached hydrogens (tertiary/aromatic N) is 4. The van der Waals surface area contributed by atoms with Gasteiger partial charge in [-0.2, -0.15) is 26.3 Å². The summed E-state index contributed by atoms with van der Waals surface area (Å²) in [5, 5.41) is 3.07. The van der Waals surface area contributed by atoms with Crippen LogP contribution in [-0.2, 0) is 29.0 Å². The Hall–Kier alpha value is -2.95. The van der Waals surface area contributed by atoms with Gasteiger partial charge in [-0.25, -0.2) is 18.4 Å². The van der Waals surface area contributed by atoms with Gasteiger partial charge in [-0.3, -0.25) is 4.79 Å². The molecule has 5 rings (SSSR count). The summed E-state index contributed by atoms with van der Waals surface area (Å²) in [5.74, 6) is -2.37. The zero-order valence-electron chi connectivity index (χ0n) is 21.0. The summed E-state index contributed by atoms with van der Waals surface area (Å²) < 4.78 is 107. The van der Waals surface area contributed by atoms with Crippen LogP contribution in [0.2, 0.25) is 5.02 Å². The number of likely N-dealkylation sites (N-methyl/N-ethyl adjacent to an activating group) is 1. The minimum atomic E-state index is -4.98. The van der Waals surface area contributed by atoms with Crippen molar-refractivity contribution in [2.75, 3.05) is 37.8 Å². The van der Waals surface area contributed by atoms with E-state index in [0.717, 1.165) is 23.7 Å². The van der Waals surface area contributed by atoms with Crippen LogP contribution in [0.4, 0.5) is 38.0 Å². The Bertz CT molecular complexity index is 1640. The molecule has 17 heteroatoms. The first-order valence-corrected chi connectivity index (χ1v) is 14.8. The van der Waals surface area contributed by atoms with Crippen molar-refractivity contribution in [3.63, 3.8) is 0 Å². The average Bonchev–Trinajstić information content (AvgIpc) is 3.29. The molecule has 0 radical (unpaired) electrons. The highest BCUT2D eigenvalue weighted by Crippen LogP contribution is 2.42. The van der Waals surface area contributed by atoms with E-state index >= 15 is 0 Å². The molecular weight excluding hydrogens is 620 g/mol. The number of anilines is 2. The normalized spacial score (nSPS) is 17.7. The Morgan fingerprint density at radius 2 is 1.83 bits per heavy atom. The van der Waals surface area contributed by atoms with E-state index in [2.05, 4.69) is 20.2 Å². The van der Waals surface area contributed by atoms with E-state index in [4.69, 9.17) is 11.6 Å². The number of alkyl halides is 6. The Balaban J connectivity index is 1.57. The Morgan fingerprint density at radius 3 is 2.51 bits per heavy atom. The highest BCUT2D eigenvalue weighted by atomic mass is 35.5. The lowest BCUT2D eigenvalue weighted by Crippen LogP contribution is -2.39. The maximum atomic E-state index is 14.0. The van der Waals surface area contributed by atoms with Crippen molar-refractivity contribution in [2.24, 2.45) is 0 Å². The van der Waals surface area contributed by atoms with Gasteiger partial charge in [0.25, 0.3) is 5.91 Å². The molecule has 1 amide bonds. The van der Waals surface area contributed by atoms with Crippen molar-refractivity contribution in [1.82, 2.24) is 19.8 Å². The van der Waals surface area contributed by atoms with Gasteiger partial charge in [-0.15, -0.1) is 11.3 Å². The lowest BCUT2D eigenvalue weighted by Gasteiger charge is -2.26. The first-order chi connectivity index (χ1) is 19.0. The number of hydrogen-bond acceptors (Lipinski definition) is 8. The number of benzene rings is 1. The van der Waals surface area contributed by atoms with Gasteiger partial charge in [-0.05, 0) is 42.8 Å². The molecule has 1 N–H and O–H groups in total. The highest BCUT2D eigenvalue weighted by molar-refractivity contribution is 7.91. The zero-order chi connectivity index (χ0) is 29.9. The predicted molar refractivity (Wildman–Crippen MR) is 139 cm³/mol. The van der Waals surface area contributed by atoms with Crippen molar-refractivity contribution >= 4 is 50.3 Å². The van der Waals surface area contributed by atoms with Crippen LogP contribution >= 0.6 is 22.9 Å². The molecule has 0 bridgehead atoms. The lowest BCUT2D eigenvalue weighted by molar-refractivity contribution is -0.140. The first kappa shape index (κ1) is 29.5. The summed E-state index contributed by atoms with van der Waals surface area (Å²) in [5.41, 5.74) is 0.249. The number of carbonyl (C=O) groups is 1. The third-order valence-corrected chi connectivity index (χ3v) is 9.86. The molecule has 4 heterocycles. The van der Waals surface area contributed by atoms with Crippen LogP contribution in [0.15, 0.2) is 29.3 Å². The molecule has 2 aliphatic heterocycles. The van der Waals surface area contributed by atoms with Crippen LogP contribution in [-0.4, -0.2) is 72.7 Å². The van der Waals surface area contributed by atoms with E-state index in [1.807, 2.05) is 7.05 Å². The van der Waals surface area contributed by atoms with Gasteiger partial charge >= 0.3 is 12.4 Å². The number of fused-ring (bicyclic) bond motifs is 2. The monoisotopic (exact) mass is 639 g/mol. The number of carbonyl (C=O) groups excluding carboxylic acids is 1. The number of amides is 1. The number of hydrogen-bond donors (Lipinski definition) is 1. The van der Waals surface area contributed by atoms with E-state index < -0.39 is 68.0 Å². The number of rotatable bonds is 4. The first-order valence-electron chi connectivity index (χ1n) is 12.0. The zero-order valence-corrected chi connectivity index (χ0v) is 23.4. The van der Waals surface area contributed by atoms with Crippen molar-refractivity contribution in [2.45, 2.75) is 30.2 Å². The van der Waals surface area contributed by atoms with Crippen LogP contribution in [0, 0.1) is 0 Å². The van der Waals surface area contributed by atoms with Crippen LogP contribution in [0.25, 0.3) is 10.6 Å². The van der Waals surface area contributed by atoms with Gasteiger partial charge in [0.15, 0.2) is 9.84 Å². The molecule has 0 fully saturated rings. The van der Waals surface area contributed by atoms with E-state index in [-0.39, 0.29) is 15.8 Å². The topological polar surface area (TPSA) is 95.5 Å². The molecule has 0 unspecified atom stereocenters. The molecule has 0 saturated carbocycles. The smallest absolute Gasteiger partial charge is 0.328 e. The summed E-state index contributed by atoms with van der Waals surface area (Å²) in [7, 11) is -2.34. The van der Waals surface area contributed by atoms with Crippen LogP contribution in [0.5, 0.6) is 0 Å². The Morgan fingerprint density at radius 1 is 1.10 bits per heavy atom. The fourth-order valence-corrected chi connectivity index (χ4v) is 7.78. The van der Waals surface area contributed by atoms with Gasteiger partial charge in [0.05, 0.1) is 31.9 Å². The molecule has 0 atom stereocenters. The van der Waals surface area contributed by atoms with Crippen molar-refractivity contribution in [3.8, 4) is 10.6 Å². The third kappa shape index (κ3) is 6.15. The summed E-state index contributed by atoms with van der Waals surface area (Å²) in [6.45, 7) is -0.965. The molecule has 0 aliphatic carbocycles. The summed E-state index contributed by atoms with van der Waals surface area (Å²) in [4.78, 5) is 21.4. The molecule has 0 saturated heterocycles. The molecule has 0 spiro atoms. The van der Waals surface area contributed by atoms with Gasteiger partial charge in [0, 0.05) is 25.8 Å². The lowest BCUT2D eigenvalue weighted by atomic mass is 9.99. The maximum absolute atomic E-state index is 14.0. The maximum Gasteiger partial charge on any atom is 0.420 e. The van der Waals surface area contributed by atoms with Crippen molar-refractivity contribution < 1.29 is 39.6 Å². The fourth-order valence-electron chi connectivity index (χ4n) is 4.60. The van der Waals surface area contributed by atoms with Gasteiger partial charge in [0.2, 0.25) is 5.95 Å². The van der Waals surface area contributed by atoms with E-state index in [1.54, 1.807) is 12.1 Å². The van der Waals surface area contributed by atoms with Crippen LogP contribution < -0.4 is 5.32 Å². The van der Waals surface area contributed by atoms with Gasteiger partial charge in [-0.1, -0.05) is 11.6 Å². The van der Waals surface area contributed by atoms with E-state index in [1.165, 1.54) is 0 Å². The Kier molecular flexibility index (Phi) is 7.49. The van der Waals surface area contributed by atoms with Crippen molar-refractivity contribution in [3.05, 3.63) is 51.0 Å². The Labute approximate surface area is 238 Å². The number of aromatic nitrogens is 2. The van der Waals surface area contributed by atoms with Gasteiger partial charge < -0.3 is 15.1 Å². The second-order valence-corrected chi connectivity index (χ2v) is 13.2. The standard InChI is InChI=1S/C24H20ClF6N5O3S2/c1-35-3-2-12-7-16(15(25)6-13(12)10-35)33-22-32-9-14(24(29,30)31)19(34-22)17-8-18-20(40-17)21(37)36(11-23(26,27)28)4-5-41(18,38)39/h6-9H,2-5,10-11H2,1H3,(H,32,33,34). The quantitative estimate of drug-likeness (QED) is 0.382. The molecule has 2 aromatic heterocycles. The molecule has 220 valence electrons. The van der Waals surface area contributed by atoms with Gasteiger partial charge in [0.1, 0.15) is 17.0 Å². The van der Waals surface area contributed by atoms with E-state index in [0.29, 0.717) is 41.1 Å². The molecule has 1 aromatic carbocycles. The molecule has 2 aliphatic rings. The van der Waals surface area contributed by atoms with Crippen LogP contribution in [0.3, 0.4) is 0 Å². The summed E-state index contributed by atoms with van der Waals surface area (Å²) in [6, 6.07) is 4.33. The minimum absolute atomic E-state index is 0.272. The number of nitrogens with one attached hydrogen (secondary N) is 1. The molecular formula is C24H20ClF6N5O3S2. The molecule has 41 heavy (non-hydrogen) atoms.